The lowest BCUT2D eigenvalue weighted by molar-refractivity contribution is -0.142. The second-order valence-electron chi connectivity index (χ2n) is 7.15. The maximum atomic E-state index is 13.7. The van der Waals surface area contributed by atoms with Crippen LogP contribution in [0.5, 0.6) is 0 Å². The Labute approximate surface area is 173 Å². The number of alkyl halides is 3. The van der Waals surface area contributed by atoms with Crippen molar-refractivity contribution in [3.63, 3.8) is 0 Å². The molecule has 0 spiro atoms. The molecule has 9 heteroatoms. The first-order valence-electron chi connectivity index (χ1n) is 9.26. The Balaban J connectivity index is 1.69. The number of hydrogen-bond donors (Lipinski definition) is 0. The van der Waals surface area contributed by atoms with Gasteiger partial charge in [-0.25, -0.2) is 9.50 Å². The molecule has 5 nitrogen and oxygen atoms in total. The fourth-order valence-corrected chi connectivity index (χ4v) is 4.56. The lowest BCUT2D eigenvalue weighted by Crippen LogP contribution is -2.35. The number of thiophene rings is 1. The molecule has 0 radical (unpaired) electrons. The van der Waals surface area contributed by atoms with Crippen molar-refractivity contribution < 1.29 is 18.0 Å². The highest BCUT2D eigenvalue weighted by atomic mass is 32.1. The number of anilines is 1. The van der Waals surface area contributed by atoms with E-state index in [4.69, 9.17) is 0 Å². The molecule has 0 N–H and O–H groups in total. The van der Waals surface area contributed by atoms with Crippen LogP contribution in [0.4, 0.5) is 18.9 Å². The van der Waals surface area contributed by atoms with Crippen molar-refractivity contribution in [3.05, 3.63) is 70.9 Å². The van der Waals surface area contributed by atoms with E-state index in [1.54, 1.807) is 22.4 Å². The summed E-state index contributed by atoms with van der Waals surface area (Å²) in [5.41, 5.74) is 0.925. The number of carbonyl (C=O) groups excluding carboxylic acids is 1. The average molecular weight is 428 g/mol. The van der Waals surface area contributed by atoms with Crippen molar-refractivity contribution in [3.8, 4) is 10.6 Å². The van der Waals surface area contributed by atoms with Crippen LogP contribution in [-0.4, -0.2) is 26.5 Å². The summed E-state index contributed by atoms with van der Waals surface area (Å²) in [4.78, 5) is 20.0. The Bertz CT molecular complexity index is 1260. The van der Waals surface area contributed by atoms with Gasteiger partial charge in [-0.2, -0.15) is 18.3 Å². The number of fused-ring (bicyclic) bond motifs is 2. The van der Waals surface area contributed by atoms with Gasteiger partial charge in [0, 0.05) is 11.7 Å². The molecule has 0 bridgehead atoms. The first kappa shape index (κ1) is 18.8. The number of hydrogen-bond acceptors (Lipinski definition) is 4. The average Bonchev–Trinajstić information content (AvgIpc) is 3.43. The van der Waals surface area contributed by atoms with E-state index in [0.717, 1.165) is 17.3 Å². The minimum Gasteiger partial charge on any atom is -0.305 e. The molecule has 1 aliphatic rings. The fourth-order valence-electron chi connectivity index (χ4n) is 3.87. The predicted octanol–water partition coefficient (Wildman–Crippen LogP) is 5.07. The van der Waals surface area contributed by atoms with Gasteiger partial charge in [0.15, 0.2) is 11.3 Å². The van der Waals surface area contributed by atoms with Crippen molar-refractivity contribution in [2.45, 2.75) is 25.6 Å². The van der Waals surface area contributed by atoms with Crippen LogP contribution < -0.4 is 4.90 Å². The summed E-state index contributed by atoms with van der Waals surface area (Å²) in [6.07, 6.45) is -2.79. The molecule has 4 aromatic rings. The number of benzene rings is 1. The van der Waals surface area contributed by atoms with Crippen LogP contribution in [0.1, 0.15) is 28.5 Å². The van der Waals surface area contributed by atoms with Crippen LogP contribution in [0, 0.1) is 0 Å². The van der Waals surface area contributed by atoms with Crippen LogP contribution in [0.15, 0.2) is 54.0 Å². The molecule has 0 aliphatic carbocycles. The maximum absolute atomic E-state index is 13.7. The van der Waals surface area contributed by atoms with Gasteiger partial charge in [0.2, 0.25) is 0 Å². The summed E-state index contributed by atoms with van der Waals surface area (Å²) >= 11 is 1.28. The Hall–Kier alpha value is -3.20. The third-order valence-corrected chi connectivity index (χ3v) is 6.08. The molecule has 0 unspecified atom stereocenters. The van der Waals surface area contributed by atoms with Crippen LogP contribution >= 0.6 is 11.3 Å². The molecule has 5 rings (SSSR count). The third-order valence-electron chi connectivity index (χ3n) is 5.19. The Morgan fingerprint density at radius 2 is 2.00 bits per heavy atom. The number of rotatable bonds is 2. The minimum absolute atomic E-state index is 0.0439. The van der Waals surface area contributed by atoms with E-state index in [-0.39, 0.29) is 22.9 Å². The number of para-hydroxylation sites is 1. The van der Waals surface area contributed by atoms with Gasteiger partial charge in [0.05, 0.1) is 16.8 Å². The lowest BCUT2D eigenvalue weighted by Gasteiger charge is -2.22. The predicted molar refractivity (Wildman–Crippen MR) is 108 cm³/mol. The van der Waals surface area contributed by atoms with Gasteiger partial charge in [0.25, 0.3) is 5.91 Å². The smallest absolute Gasteiger partial charge is 0.305 e. The van der Waals surface area contributed by atoms with Crippen molar-refractivity contribution in [2.24, 2.45) is 0 Å². The standard InChI is InChI=1S/C21H15F3N4OS/c1-12-9-13-5-2-3-6-16(13)27(12)20(29)14-11-25-28-18(21(22,23)24)10-15(26-19(14)28)17-7-4-8-30-17/h2-8,10-12H,9H2,1H3/t12-/m1/s1. The van der Waals surface area contributed by atoms with Gasteiger partial charge >= 0.3 is 6.18 Å². The SMILES string of the molecule is C[C@@H]1Cc2ccccc2N1C(=O)c1cnn2c(C(F)(F)F)cc(-c3cccs3)nc12. The van der Waals surface area contributed by atoms with Crippen molar-refractivity contribution >= 4 is 28.6 Å². The largest absolute Gasteiger partial charge is 0.433 e. The molecule has 1 aliphatic heterocycles. The van der Waals surface area contributed by atoms with Gasteiger partial charge in [-0.15, -0.1) is 11.3 Å². The van der Waals surface area contributed by atoms with Crippen molar-refractivity contribution in [1.82, 2.24) is 14.6 Å². The summed E-state index contributed by atoms with van der Waals surface area (Å²) < 4.78 is 41.9. The normalized spacial score (nSPS) is 16.3. The first-order chi connectivity index (χ1) is 14.3. The summed E-state index contributed by atoms with van der Waals surface area (Å²) in [5, 5.41) is 5.63. The van der Waals surface area contributed by atoms with E-state index < -0.39 is 17.8 Å². The molecule has 152 valence electrons. The topological polar surface area (TPSA) is 50.5 Å². The monoisotopic (exact) mass is 428 g/mol. The van der Waals surface area contributed by atoms with Crippen LogP contribution in [0.3, 0.4) is 0 Å². The maximum Gasteiger partial charge on any atom is 0.433 e. The van der Waals surface area contributed by atoms with E-state index >= 15 is 0 Å². The zero-order valence-corrected chi connectivity index (χ0v) is 16.5. The van der Waals surface area contributed by atoms with Crippen LogP contribution in [-0.2, 0) is 12.6 Å². The van der Waals surface area contributed by atoms with E-state index in [0.29, 0.717) is 15.8 Å². The van der Waals surface area contributed by atoms with Gasteiger partial charge in [-0.05, 0) is 42.5 Å². The quantitative estimate of drug-likeness (QED) is 0.448. The molecule has 1 aromatic carbocycles. The molecule has 1 atom stereocenters. The Morgan fingerprint density at radius 1 is 1.20 bits per heavy atom. The molecule has 3 aromatic heterocycles. The zero-order valence-electron chi connectivity index (χ0n) is 15.7. The lowest BCUT2D eigenvalue weighted by atomic mass is 10.1. The van der Waals surface area contributed by atoms with E-state index in [1.807, 2.05) is 31.2 Å². The summed E-state index contributed by atoms with van der Waals surface area (Å²) in [6, 6.07) is 11.8. The zero-order chi connectivity index (χ0) is 21.0. The van der Waals surface area contributed by atoms with Crippen molar-refractivity contribution in [2.75, 3.05) is 4.90 Å². The highest BCUT2D eigenvalue weighted by Gasteiger charge is 2.38. The van der Waals surface area contributed by atoms with E-state index in [9.17, 15) is 18.0 Å². The highest BCUT2D eigenvalue weighted by molar-refractivity contribution is 7.13. The summed E-state index contributed by atoms with van der Waals surface area (Å²) in [5.74, 6) is -0.411. The van der Waals surface area contributed by atoms with Gasteiger partial charge < -0.3 is 4.90 Å². The van der Waals surface area contributed by atoms with Crippen LogP contribution in [0.2, 0.25) is 0 Å². The molecule has 0 saturated heterocycles. The Kier molecular flexibility index (Phi) is 4.18. The molecule has 4 heterocycles. The fraction of sp³-hybridized carbons (Fsp3) is 0.190. The van der Waals surface area contributed by atoms with Gasteiger partial charge in [0.1, 0.15) is 5.56 Å². The number of nitrogens with zero attached hydrogens (tertiary/aromatic N) is 4. The molecule has 30 heavy (non-hydrogen) atoms. The van der Waals surface area contributed by atoms with Crippen LogP contribution in [0.25, 0.3) is 16.2 Å². The molecular weight excluding hydrogens is 413 g/mol. The molecule has 1 amide bonds. The third kappa shape index (κ3) is 2.88. The summed E-state index contributed by atoms with van der Waals surface area (Å²) in [6.45, 7) is 1.91. The number of amides is 1. The van der Waals surface area contributed by atoms with Gasteiger partial charge in [-0.3, -0.25) is 4.79 Å². The second-order valence-corrected chi connectivity index (χ2v) is 8.10. The molecule has 0 fully saturated rings. The number of halogens is 3. The number of carbonyl (C=O) groups is 1. The molecule has 0 saturated carbocycles. The highest BCUT2D eigenvalue weighted by Crippen LogP contribution is 2.36. The Morgan fingerprint density at radius 3 is 2.73 bits per heavy atom. The van der Waals surface area contributed by atoms with E-state index in [1.165, 1.54) is 17.5 Å². The summed E-state index contributed by atoms with van der Waals surface area (Å²) in [7, 11) is 0. The number of aromatic nitrogens is 3. The van der Waals surface area contributed by atoms with E-state index in [2.05, 4.69) is 10.1 Å². The van der Waals surface area contributed by atoms with Gasteiger partial charge in [-0.1, -0.05) is 24.3 Å². The van der Waals surface area contributed by atoms with Crippen molar-refractivity contribution in [1.29, 1.82) is 0 Å². The molecular formula is C21H15F3N4OS. The first-order valence-corrected chi connectivity index (χ1v) is 10.1. The second kappa shape index (κ2) is 6.66. The minimum atomic E-state index is -4.65.